The van der Waals surface area contributed by atoms with Crippen LogP contribution in [-0.2, 0) is 11.3 Å². The molecule has 0 aliphatic carbocycles. The summed E-state index contributed by atoms with van der Waals surface area (Å²) in [6, 6.07) is 5.88. The van der Waals surface area contributed by atoms with Gasteiger partial charge in [-0.2, -0.15) is 0 Å². The number of terminal acetylenes is 1. The monoisotopic (exact) mass is 425 g/mol. The number of allylic oxidation sites excluding steroid dienone is 3. The fraction of sp³-hybridized carbons (Fsp3) is 0.182. The van der Waals surface area contributed by atoms with Gasteiger partial charge in [-0.05, 0) is 48.4 Å². The van der Waals surface area contributed by atoms with Crippen LogP contribution in [0.5, 0.6) is 0 Å². The van der Waals surface area contributed by atoms with Crippen molar-refractivity contribution < 1.29 is 9.90 Å². The SMILES string of the molecule is C#C.C/C=C(/S)C/C=C\CSn1ccc(-c2cn(CC(=O)O)c3ncccc23)c1. The minimum absolute atomic E-state index is 0.104. The zero-order chi connectivity index (χ0) is 21.2. The zero-order valence-corrected chi connectivity index (χ0v) is 17.8. The number of nitrogens with zero attached hydrogens (tertiary/aromatic N) is 3. The summed E-state index contributed by atoms with van der Waals surface area (Å²) in [6.45, 7) is 1.88. The van der Waals surface area contributed by atoms with Gasteiger partial charge in [0.25, 0.3) is 0 Å². The number of carboxylic acid groups (broad SMARTS) is 1. The molecule has 0 unspecified atom stereocenters. The molecular formula is C22H23N3O2S2. The van der Waals surface area contributed by atoms with Crippen LogP contribution < -0.4 is 0 Å². The number of aromatic nitrogens is 3. The summed E-state index contributed by atoms with van der Waals surface area (Å²) in [6.07, 6.45) is 22.7. The maximum absolute atomic E-state index is 11.1. The third-order valence-electron chi connectivity index (χ3n) is 4.06. The molecular weight excluding hydrogens is 402 g/mol. The smallest absolute Gasteiger partial charge is 0.323 e. The average Bonchev–Trinajstić information content (AvgIpc) is 3.34. The number of carboxylic acids is 1. The highest BCUT2D eigenvalue weighted by Gasteiger charge is 2.13. The van der Waals surface area contributed by atoms with Crippen LogP contribution in [0, 0.1) is 12.8 Å². The van der Waals surface area contributed by atoms with Crippen LogP contribution in [0.2, 0.25) is 0 Å². The first-order valence-electron chi connectivity index (χ1n) is 8.88. The molecule has 0 atom stereocenters. The van der Waals surface area contributed by atoms with Gasteiger partial charge in [-0.1, -0.05) is 18.2 Å². The summed E-state index contributed by atoms with van der Waals surface area (Å²) in [4.78, 5) is 16.5. The van der Waals surface area contributed by atoms with Gasteiger partial charge in [0.05, 0.1) is 0 Å². The third kappa shape index (κ3) is 6.08. The van der Waals surface area contributed by atoms with Crippen LogP contribution >= 0.6 is 24.6 Å². The third-order valence-corrected chi connectivity index (χ3v) is 5.37. The average molecular weight is 426 g/mol. The van der Waals surface area contributed by atoms with E-state index in [2.05, 4.69) is 52.8 Å². The molecule has 0 saturated carbocycles. The summed E-state index contributed by atoms with van der Waals surface area (Å²) in [5, 5.41) is 10.1. The topological polar surface area (TPSA) is 60.0 Å². The van der Waals surface area contributed by atoms with Gasteiger partial charge in [0.1, 0.15) is 12.2 Å². The highest BCUT2D eigenvalue weighted by molar-refractivity contribution is 7.97. The van der Waals surface area contributed by atoms with Crippen molar-refractivity contribution in [3.05, 3.63) is 66.1 Å². The van der Waals surface area contributed by atoms with Crippen LogP contribution in [0.3, 0.4) is 0 Å². The maximum Gasteiger partial charge on any atom is 0.323 e. The van der Waals surface area contributed by atoms with E-state index in [9.17, 15) is 4.79 Å². The van der Waals surface area contributed by atoms with E-state index in [1.54, 1.807) is 22.7 Å². The number of thiol groups is 1. The summed E-state index contributed by atoms with van der Waals surface area (Å²) in [7, 11) is 0. The summed E-state index contributed by atoms with van der Waals surface area (Å²) in [5.41, 5.74) is 2.71. The van der Waals surface area contributed by atoms with Crippen molar-refractivity contribution in [1.29, 1.82) is 0 Å². The summed E-state index contributed by atoms with van der Waals surface area (Å²) in [5.74, 6) is -0.0207. The van der Waals surface area contributed by atoms with Gasteiger partial charge in [-0.3, -0.25) is 8.77 Å². The van der Waals surface area contributed by atoms with E-state index in [0.29, 0.717) is 5.65 Å². The molecule has 3 heterocycles. The van der Waals surface area contributed by atoms with Crippen LogP contribution in [0.1, 0.15) is 13.3 Å². The molecule has 3 aromatic heterocycles. The largest absolute Gasteiger partial charge is 0.480 e. The Hall–Kier alpha value is -2.82. The maximum atomic E-state index is 11.1. The van der Waals surface area contributed by atoms with Gasteiger partial charge >= 0.3 is 5.97 Å². The quantitative estimate of drug-likeness (QED) is 0.299. The summed E-state index contributed by atoms with van der Waals surface area (Å²) < 4.78 is 3.74. The van der Waals surface area contributed by atoms with Crippen LogP contribution in [0.15, 0.2) is 66.1 Å². The van der Waals surface area contributed by atoms with E-state index < -0.39 is 5.97 Å². The van der Waals surface area contributed by atoms with Gasteiger partial charge in [-0.15, -0.1) is 25.5 Å². The fourth-order valence-electron chi connectivity index (χ4n) is 2.75. The Balaban J connectivity index is 0.00000145. The first-order chi connectivity index (χ1) is 14.1. The molecule has 1 N–H and O–H groups in total. The van der Waals surface area contributed by atoms with Crippen molar-refractivity contribution in [3.8, 4) is 24.0 Å². The Bertz CT molecular complexity index is 1040. The Morgan fingerprint density at radius 1 is 1.31 bits per heavy atom. The van der Waals surface area contributed by atoms with E-state index in [0.717, 1.165) is 33.6 Å². The van der Waals surface area contributed by atoms with Crippen LogP contribution in [-0.4, -0.2) is 30.4 Å². The van der Waals surface area contributed by atoms with Crippen molar-refractivity contribution in [3.63, 3.8) is 0 Å². The number of hydrogen-bond donors (Lipinski definition) is 2. The number of hydrogen-bond acceptors (Lipinski definition) is 4. The number of carbonyl (C=O) groups is 1. The molecule has 0 aliphatic heterocycles. The van der Waals surface area contributed by atoms with E-state index in [4.69, 9.17) is 5.11 Å². The van der Waals surface area contributed by atoms with E-state index in [1.165, 1.54) is 0 Å². The van der Waals surface area contributed by atoms with Crippen molar-refractivity contribution in [2.45, 2.75) is 19.9 Å². The Morgan fingerprint density at radius 3 is 2.83 bits per heavy atom. The lowest BCUT2D eigenvalue weighted by Gasteiger charge is -1.98. The van der Waals surface area contributed by atoms with Gasteiger partial charge < -0.3 is 9.67 Å². The first-order valence-corrected chi connectivity index (χ1v) is 10.3. The molecule has 0 saturated heterocycles. The molecule has 5 nitrogen and oxygen atoms in total. The lowest BCUT2D eigenvalue weighted by molar-refractivity contribution is -0.137. The normalized spacial score (nSPS) is 11.5. The fourth-order valence-corrected chi connectivity index (χ4v) is 3.59. The molecule has 0 fully saturated rings. The Kier molecular flexibility index (Phi) is 8.71. The van der Waals surface area contributed by atoms with Gasteiger partial charge in [0, 0.05) is 47.1 Å². The van der Waals surface area contributed by atoms with Crippen molar-refractivity contribution in [2.75, 3.05) is 5.75 Å². The highest BCUT2D eigenvalue weighted by Crippen LogP contribution is 2.30. The molecule has 0 radical (unpaired) electrons. The number of aliphatic carboxylic acids is 1. The van der Waals surface area contributed by atoms with Crippen LogP contribution in [0.25, 0.3) is 22.2 Å². The van der Waals surface area contributed by atoms with Crippen molar-refractivity contribution in [1.82, 2.24) is 13.5 Å². The molecule has 3 rings (SSSR count). The zero-order valence-electron chi connectivity index (χ0n) is 16.1. The first kappa shape index (κ1) is 22.5. The van der Waals surface area contributed by atoms with Crippen molar-refractivity contribution in [2.24, 2.45) is 0 Å². The van der Waals surface area contributed by atoms with Gasteiger partial charge in [0.15, 0.2) is 0 Å². The second-order valence-corrected chi connectivity index (χ2v) is 7.54. The minimum Gasteiger partial charge on any atom is -0.480 e. The highest BCUT2D eigenvalue weighted by atomic mass is 32.2. The van der Waals surface area contributed by atoms with E-state index in [1.807, 2.05) is 43.6 Å². The number of rotatable bonds is 8. The number of fused-ring (bicyclic) bond motifs is 1. The lowest BCUT2D eigenvalue weighted by atomic mass is 10.1. The molecule has 0 bridgehead atoms. The predicted octanol–water partition coefficient (Wildman–Crippen LogP) is 5.12. The van der Waals surface area contributed by atoms with Gasteiger partial charge in [-0.25, -0.2) is 4.98 Å². The molecule has 7 heteroatoms. The second-order valence-electron chi connectivity index (χ2n) is 5.95. The lowest BCUT2D eigenvalue weighted by Crippen LogP contribution is -2.07. The standard InChI is InChI=1S/C20H21N3O2S2.C2H2/c1-2-16(26)6-3-4-11-27-23-10-8-15(12-23)18-13-22(14-19(24)25)20-17(18)7-5-9-21-20;1-2/h2-5,7-10,12-13,26H,6,11,14H2,1H3,(H,24,25);1-2H/b4-3-,16-2+;. The Labute approximate surface area is 180 Å². The predicted molar refractivity (Wildman–Crippen MR) is 125 cm³/mol. The van der Waals surface area contributed by atoms with Crippen molar-refractivity contribution >= 4 is 41.6 Å². The molecule has 0 aliphatic rings. The Morgan fingerprint density at radius 2 is 2.10 bits per heavy atom. The minimum atomic E-state index is -0.883. The molecule has 0 amide bonds. The van der Waals surface area contributed by atoms with Gasteiger partial charge in [0.2, 0.25) is 0 Å². The molecule has 29 heavy (non-hydrogen) atoms. The molecule has 150 valence electrons. The second kappa shape index (κ2) is 11.2. The van der Waals surface area contributed by atoms with E-state index in [-0.39, 0.29) is 6.54 Å². The molecule has 0 spiro atoms. The van der Waals surface area contributed by atoms with Crippen LogP contribution in [0.4, 0.5) is 0 Å². The molecule has 3 aromatic rings. The van der Waals surface area contributed by atoms with E-state index >= 15 is 0 Å². The molecule has 0 aromatic carbocycles. The number of pyridine rings is 1. The summed E-state index contributed by atoms with van der Waals surface area (Å²) >= 11 is 6.04.